The number of benzene rings is 9. The van der Waals surface area contributed by atoms with Gasteiger partial charge in [0, 0.05) is 43.1 Å². The molecular weight excluding hydrogens is 731 g/mol. The van der Waals surface area contributed by atoms with Gasteiger partial charge >= 0.3 is 0 Å². The van der Waals surface area contributed by atoms with E-state index in [1.54, 1.807) is 0 Å². The molecule has 2 heteroatoms. The lowest BCUT2D eigenvalue weighted by molar-refractivity contribution is 0.663. The molecule has 0 atom stereocenters. The summed E-state index contributed by atoms with van der Waals surface area (Å²) >= 11 is 1.95. The minimum atomic E-state index is -0.267. The largest absolute Gasteiger partial charge is 0.310 e. The van der Waals surface area contributed by atoms with E-state index in [0.29, 0.717) is 0 Å². The van der Waals surface area contributed by atoms with Crippen molar-refractivity contribution in [2.24, 2.45) is 0 Å². The first-order valence-electron chi connectivity index (χ1n) is 20.4. The highest BCUT2D eigenvalue weighted by Crippen LogP contribution is 2.60. The summed E-state index contributed by atoms with van der Waals surface area (Å²) in [5, 5.41) is 4.98. The maximum Gasteiger partial charge on any atom is 0.0546 e. The van der Waals surface area contributed by atoms with E-state index in [0.717, 1.165) is 11.4 Å². The Bertz CT molecular complexity index is 3160. The lowest BCUT2D eigenvalue weighted by Crippen LogP contribution is -2.17. The van der Waals surface area contributed by atoms with Gasteiger partial charge in [-0.25, -0.2) is 0 Å². The molecule has 1 aliphatic rings. The maximum absolute atomic E-state index is 2.48. The van der Waals surface area contributed by atoms with Crippen molar-refractivity contribution in [2.75, 3.05) is 4.90 Å². The topological polar surface area (TPSA) is 3.24 Å². The zero-order chi connectivity index (χ0) is 39.5. The molecule has 0 unspecified atom stereocenters. The van der Waals surface area contributed by atoms with Crippen molar-refractivity contribution in [1.82, 2.24) is 0 Å². The van der Waals surface area contributed by atoms with Crippen LogP contribution in [0.3, 0.4) is 0 Å². The highest BCUT2D eigenvalue weighted by molar-refractivity contribution is 7.20. The zero-order valence-corrected chi connectivity index (χ0v) is 33.9. The quantitative estimate of drug-likeness (QED) is 0.146. The molecule has 1 heterocycles. The standard InChI is InChI=1S/C57H41NS/c1-57(2)51-37-44(34-35-50(51)56-54(57)53(41-22-10-5-11-23-41)55(59-56)49-29-17-14-25-45(49)40-20-8-4-9-21-40)58(43-32-30-39(31-33-43)38-18-6-3-7-19-38)52-36-42-24-12-13-26-46(42)47-27-15-16-28-48(47)52/h3-37H,1-2H3. The molecule has 0 amide bonds. The molecule has 0 saturated carbocycles. The third-order valence-electron chi connectivity index (χ3n) is 12.3. The second-order valence-corrected chi connectivity index (χ2v) is 17.1. The van der Waals surface area contributed by atoms with Crippen LogP contribution in [0.2, 0.25) is 0 Å². The Kier molecular flexibility index (Phi) is 8.43. The van der Waals surface area contributed by atoms with Crippen LogP contribution >= 0.6 is 11.3 Å². The summed E-state index contributed by atoms with van der Waals surface area (Å²) in [6, 6.07) is 77.8. The second-order valence-electron chi connectivity index (χ2n) is 16.1. The number of hydrogen-bond acceptors (Lipinski definition) is 2. The Morgan fingerprint density at radius 1 is 0.390 bits per heavy atom. The Labute approximate surface area is 350 Å². The minimum absolute atomic E-state index is 0.267. The summed E-state index contributed by atoms with van der Waals surface area (Å²) in [6.45, 7) is 4.86. The van der Waals surface area contributed by atoms with E-state index >= 15 is 0 Å². The van der Waals surface area contributed by atoms with E-state index in [2.05, 4.69) is 231 Å². The van der Waals surface area contributed by atoms with E-state index < -0.39 is 0 Å². The van der Waals surface area contributed by atoms with Gasteiger partial charge in [0.15, 0.2) is 0 Å². The van der Waals surface area contributed by atoms with Gasteiger partial charge in [-0.3, -0.25) is 0 Å². The molecule has 0 N–H and O–H groups in total. The summed E-state index contributed by atoms with van der Waals surface area (Å²) in [7, 11) is 0. The summed E-state index contributed by atoms with van der Waals surface area (Å²) < 4.78 is 0. The maximum atomic E-state index is 2.48. The van der Waals surface area contributed by atoms with Crippen molar-refractivity contribution in [3.8, 4) is 54.3 Å². The van der Waals surface area contributed by atoms with Gasteiger partial charge in [-0.2, -0.15) is 0 Å². The first-order chi connectivity index (χ1) is 29.0. The van der Waals surface area contributed by atoms with E-state index in [9.17, 15) is 0 Å². The van der Waals surface area contributed by atoms with Crippen LogP contribution in [0.5, 0.6) is 0 Å². The normalized spacial score (nSPS) is 12.7. The van der Waals surface area contributed by atoms with Crippen molar-refractivity contribution < 1.29 is 0 Å². The molecule has 1 nitrogen and oxygen atoms in total. The van der Waals surface area contributed by atoms with Crippen LogP contribution < -0.4 is 4.90 Å². The van der Waals surface area contributed by atoms with Crippen LogP contribution in [0.4, 0.5) is 17.1 Å². The lowest BCUT2D eigenvalue weighted by Gasteiger charge is -2.30. The lowest BCUT2D eigenvalue weighted by atomic mass is 9.78. The van der Waals surface area contributed by atoms with Gasteiger partial charge in [-0.05, 0) is 91.0 Å². The molecule has 9 aromatic carbocycles. The Morgan fingerprint density at radius 3 is 1.64 bits per heavy atom. The number of hydrogen-bond donors (Lipinski definition) is 0. The van der Waals surface area contributed by atoms with Crippen molar-refractivity contribution >= 4 is 49.9 Å². The van der Waals surface area contributed by atoms with Crippen LogP contribution in [0.15, 0.2) is 212 Å². The third kappa shape index (κ3) is 5.82. The smallest absolute Gasteiger partial charge is 0.0546 e. The van der Waals surface area contributed by atoms with Crippen LogP contribution in [-0.2, 0) is 5.41 Å². The Hall–Kier alpha value is -7.00. The zero-order valence-electron chi connectivity index (χ0n) is 33.1. The number of anilines is 3. The van der Waals surface area contributed by atoms with E-state index in [1.807, 2.05) is 11.3 Å². The summed E-state index contributed by atoms with van der Waals surface area (Å²) in [5.41, 5.74) is 16.0. The first-order valence-corrected chi connectivity index (χ1v) is 21.2. The molecule has 1 aliphatic carbocycles. The van der Waals surface area contributed by atoms with Crippen molar-refractivity contribution in [2.45, 2.75) is 19.3 Å². The van der Waals surface area contributed by atoms with E-state index in [-0.39, 0.29) is 5.41 Å². The van der Waals surface area contributed by atoms with Crippen molar-refractivity contribution in [1.29, 1.82) is 0 Å². The number of thiophene rings is 1. The fraction of sp³-hybridized carbons (Fsp3) is 0.0526. The van der Waals surface area contributed by atoms with Gasteiger partial charge in [-0.1, -0.05) is 196 Å². The van der Waals surface area contributed by atoms with Gasteiger partial charge in [-0.15, -0.1) is 11.3 Å². The SMILES string of the molecule is CC1(C)c2cc(N(c3ccc(-c4ccccc4)cc3)c3cc4ccccc4c4ccccc34)ccc2-c2sc(-c3ccccc3-c3ccccc3)c(-c3ccccc3)c21. The summed E-state index contributed by atoms with van der Waals surface area (Å²) in [5.74, 6) is 0. The molecule has 0 aliphatic heterocycles. The van der Waals surface area contributed by atoms with E-state index in [4.69, 9.17) is 0 Å². The van der Waals surface area contributed by atoms with Gasteiger partial charge in [0.1, 0.15) is 0 Å². The molecule has 0 radical (unpaired) electrons. The highest BCUT2D eigenvalue weighted by Gasteiger charge is 2.42. The van der Waals surface area contributed by atoms with Gasteiger partial charge in [0.05, 0.1) is 5.69 Å². The predicted octanol–water partition coefficient (Wildman–Crippen LogP) is 16.5. The molecule has 10 aromatic rings. The average molecular weight is 772 g/mol. The molecule has 0 bridgehead atoms. The fourth-order valence-corrected chi connectivity index (χ4v) is 11.0. The monoisotopic (exact) mass is 771 g/mol. The van der Waals surface area contributed by atoms with Crippen molar-refractivity contribution in [3.63, 3.8) is 0 Å². The Morgan fingerprint density at radius 2 is 0.932 bits per heavy atom. The predicted molar refractivity (Wildman–Crippen MR) is 253 cm³/mol. The third-order valence-corrected chi connectivity index (χ3v) is 13.5. The molecule has 0 saturated heterocycles. The summed E-state index contributed by atoms with van der Waals surface area (Å²) in [6.07, 6.45) is 0. The molecular formula is C57H41NS. The van der Waals surface area contributed by atoms with Crippen molar-refractivity contribution in [3.05, 3.63) is 223 Å². The van der Waals surface area contributed by atoms with Crippen LogP contribution in [0, 0.1) is 0 Å². The van der Waals surface area contributed by atoms with Gasteiger partial charge in [0.2, 0.25) is 0 Å². The highest BCUT2D eigenvalue weighted by atomic mass is 32.1. The minimum Gasteiger partial charge on any atom is -0.310 e. The van der Waals surface area contributed by atoms with Gasteiger partial charge < -0.3 is 4.90 Å². The molecule has 1 aromatic heterocycles. The summed E-state index contributed by atoms with van der Waals surface area (Å²) in [4.78, 5) is 5.17. The van der Waals surface area contributed by atoms with Crippen LogP contribution in [0.25, 0.3) is 75.8 Å². The average Bonchev–Trinajstić information content (AvgIpc) is 3.81. The van der Waals surface area contributed by atoms with Crippen LogP contribution in [0.1, 0.15) is 25.0 Å². The number of fused-ring (bicyclic) bond motifs is 6. The molecule has 0 fully saturated rings. The Balaban J connectivity index is 1.12. The van der Waals surface area contributed by atoms with Crippen LogP contribution in [-0.4, -0.2) is 0 Å². The second kappa shape index (κ2) is 14.1. The molecule has 11 rings (SSSR count). The number of rotatable bonds is 7. The molecule has 280 valence electrons. The fourth-order valence-electron chi connectivity index (χ4n) is 9.44. The number of nitrogens with zero attached hydrogens (tertiary/aromatic N) is 1. The van der Waals surface area contributed by atoms with E-state index in [1.165, 1.54) is 92.6 Å². The molecule has 0 spiro atoms. The van der Waals surface area contributed by atoms with Gasteiger partial charge in [0.25, 0.3) is 0 Å². The molecule has 59 heavy (non-hydrogen) atoms. The first kappa shape index (κ1) is 35.2.